The molecule has 1 unspecified atom stereocenters. The molecule has 3 aromatic rings. The van der Waals surface area contributed by atoms with Gasteiger partial charge in [0.25, 0.3) is 5.91 Å². The van der Waals surface area contributed by atoms with Gasteiger partial charge in [-0.05, 0) is 43.7 Å². The Labute approximate surface area is 202 Å². The van der Waals surface area contributed by atoms with Crippen LogP contribution < -0.4 is 10.6 Å². The summed E-state index contributed by atoms with van der Waals surface area (Å²) in [5, 5.41) is 23.8. The Morgan fingerprint density at radius 1 is 0.941 bits per heavy atom. The Balaban J connectivity index is 1.82. The summed E-state index contributed by atoms with van der Waals surface area (Å²) in [5.74, 6) is -2.14. The third-order valence-corrected chi connectivity index (χ3v) is 7.64. The van der Waals surface area contributed by atoms with Crippen molar-refractivity contribution in [1.82, 2.24) is 0 Å². The summed E-state index contributed by atoms with van der Waals surface area (Å²) in [6.45, 7) is 3.33. The highest BCUT2D eigenvalue weighted by Crippen LogP contribution is 2.35. The van der Waals surface area contributed by atoms with Crippen LogP contribution in [0.3, 0.4) is 0 Å². The minimum absolute atomic E-state index is 0.00445. The number of carbonyl (C=O) groups is 2. The molecule has 0 saturated carbocycles. The van der Waals surface area contributed by atoms with E-state index in [1.807, 2.05) is 0 Å². The average Bonchev–Trinajstić information content (AvgIpc) is 2.79. The lowest BCUT2D eigenvalue weighted by molar-refractivity contribution is -0.115. The molecule has 34 heavy (non-hydrogen) atoms. The summed E-state index contributed by atoms with van der Waals surface area (Å²) < 4.78 is 25.8. The van der Waals surface area contributed by atoms with Gasteiger partial charge in [-0.15, -0.1) is 0 Å². The van der Waals surface area contributed by atoms with Crippen molar-refractivity contribution in [2.24, 2.45) is 0 Å². The first-order valence-electron chi connectivity index (χ1n) is 10.3. The van der Waals surface area contributed by atoms with Crippen LogP contribution >= 0.6 is 11.6 Å². The molecular formula is C24H23ClN2O6S. The van der Waals surface area contributed by atoms with Crippen molar-refractivity contribution in [1.29, 1.82) is 0 Å². The van der Waals surface area contributed by atoms with Crippen molar-refractivity contribution in [3.8, 4) is 11.5 Å². The van der Waals surface area contributed by atoms with E-state index >= 15 is 0 Å². The van der Waals surface area contributed by atoms with E-state index < -0.39 is 32.7 Å². The third-order valence-electron chi connectivity index (χ3n) is 5.10. The molecule has 0 aliphatic heterocycles. The first-order chi connectivity index (χ1) is 16.0. The maximum absolute atomic E-state index is 12.9. The number of rotatable bonds is 7. The van der Waals surface area contributed by atoms with Crippen molar-refractivity contribution in [2.75, 3.05) is 10.6 Å². The van der Waals surface area contributed by atoms with E-state index in [0.717, 1.165) is 11.6 Å². The monoisotopic (exact) mass is 502 g/mol. The van der Waals surface area contributed by atoms with Crippen molar-refractivity contribution >= 4 is 44.6 Å². The molecule has 3 aromatic carbocycles. The molecule has 2 amide bonds. The maximum Gasteiger partial charge on any atom is 0.259 e. The SMILES string of the molecule is CCC(C(=O)Nc1cc(O)c(NC(=O)c2cc(C)ccc2O)cc1Cl)S(=O)(=O)c1ccccc1. The number of anilines is 2. The van der Waals surface area contributed by atoms with Crippen LogP contribution in [0.4, 0.5) is 11.4 Å². The van der Waals surface area contributed by atoms with Crippen LogP contribution in [0, 0.1) is 6.92 Å². The van der Waals surface area contributed by atoms with E-state index in [-0.39, 0.29) is 39.0 Å². The van der Waals surface area contributed by atoms with Crippen LogP contribution in [0.25, 0.3) is 0 Å². The summed E-state index contributed by atoms with van der Waals surface area (Å²) in [4.78, 5) is 25.4. The zero-order valence-corrected chi connectivity index (χ0v) is 19.9. The van der Waals surface area contributed by atoms with E-state index in [0.29, 0.717) is 0 Å². The van der Waals surface area contributed by atoms with Gasteiger partial charge in [0.05, 0.1) is 26.9 Å². The molecule has 0 aliphatic carbocycles. The fourth-order valence-corrected chi connectivity index (χ4v) is 5.17. The number of phenolic OH excluding ortho intramolecular Hbond substituents is 2. The summed E-state index contributed by atoms with van der Waals surface area (Å²) in [7, 11) is -3.95. The number of sulfone groups is 1. The van der Waals surface area contributed by atoms with Gasteiger partial charge in [0.1, 0.15) is 16.7 Å². The molecule has 3 rings (SSSR count). The predicted molar refractivity (Wildman–Crippen MR) is 130 cm³/mol. The molecule has 0 bridgehead atoms. The number of hydrogen-bond acceptors (Lipinski definition) is 6. The predicted octanol–water partition coefficient (Wildman–Crippen LogP) is 4.50. The standard InChI is InChI=1S/C24H23ClN2O6S/c1-3-22(34(32,33)15-7-5-4-6-8-15)24(31)26-18-13-21(29)19(12-17(18)25)27-23(30)16-11-14(2)9-10-20(16)28/h4-13,22,28-29H,3H2,1-2H3,(H,26,31)(H,27,30). The van der Waals surface area contributed by atoms with Crippen molar-refractivity contribution in [2.45, 2.75) is 30.4 Å². The molecule has 0 heterocycles. The second-order valence-corrected chi connectivity index (χ2v) is 10.1. The molecule has 10 heteroatoms. The van der Waals surface area contributed by atoms with Gasteiger partial charge in [-0.25, -0.2) is 8.42 Å². The Bertz CT molecular complexity index is 1340. The molecule has 4 N–H and O–H groups in total. The smallest absolute Gasteiger partial charge is 0.259 e. The van der Waals surface area contributed by atoms with E-state index in [2.05, 4.69) is 10.6 Å². The van der Waals surface area contributed by atoms with E-state index in [1.54, 1.807) is 38.1 Å². The zero-order chi connectivity index (χ0) is 25.0. The van der Waals surface area contributed by atoms with Gasteiger partial charge in [0.2, 0.25) is 5.91 Å². The number of phenols is 2. The van der Waals surface area contributed by atoms with Gasteiger partial charge in [0.15, 0.2) is 9.84 Å². The van der Waals surface area contributed by atoms with Gasteiger partial charge in [-0.1, -0.05) is 48.4 Å². The van der Waals surface area contributed by atoms with Crippen LogP contribution in [0.2, 0.25) is 5.02 Å². The second-order valence-electron chi connectivity index (χ2n) is 7.57. The molecular weight excluding hydrogens is 480 g/mol. The lowest BCUT2D eigenvalue weighted by Gasteiger charge is -2.17. The van der Waals surface area contributed by atoms with E-state index in [1.165, 1.54) is 30.3 Å². The van der Waals surface area contributed by atoms with Gasteiger partial charge in [-0.2, -0.15) is 0 Å². The number of nitrogens with one attached hydrogen (secondary N) is 2. The Hall–Kier alpha value is -3.56. The highest BCUT2D eigenvalue weighted by molar-refractivity contribution is 7.92. The Morgan fingerprint density at radius 2 is 1.62 bits per heavy atom. The van der Waals surface area contributed by atoms with Crippen LogP contribution in [0.15, 0.2) is 65.6 Å². The average molecular weight is 503 g/mol. The summed E-state index contributed by atoms with van der Waals surface area (Å²) in [6, 6.07) is 14.4. The van der Waals surface area contributed by atoms with Crippen molar-refractivity contribution < 1.29 is 28.2 Å². The molecule has 8 nitrogen and oxygen atoms in total. The van der Waals surface area contributed by atoms with Gasteiger partial charge in [-0.3, -0.25) is 9.59 Å². The maximum atomic E-state index is 12.9. The highest BCUT2D eigenvalue weighted by Gasteiger charge is 2.33. The minimum Gasteiger partial charge on any atom is -0.507 e. The minimum atomic E-state index is -3.95. The first-order valence-corrected chi connectivity index (χ1v) is 12.2. The Morgan fingerprint density at radius 3 is 2.26 bits per heavy atom. The van der Waals surface area contributed by atoms with Crippen LogP contribution in [0.5, 0.6) is 11.5 Å². The molecule has 0 saturated heterocycles. The van der Waals surface area contributed by atoms with Crippen LogP contribution in [0.1, 0.15) is 29.3 Å². The topological polar surface area (TPSA) is 133 Å². The number of halogens is 1. The number of aryl methyl sites for hydroxylation is 1. The van der Waals surface area contributed by atoms with Gasteiger partial charge in [0, 0.05) is 6.07 Å². The summed E-state index contributed by atoms with van der Waals surface area (Å²) in [6.07, 6.45) is 0.0147. The lowest BCUT2D eigenvalue weighted by Crippen LogP contribution is -2.34. The van der Waals surface area contributed by atoms with Crippen molar-refractivity contribution in [3.63, 3.8) is 0 Å². The first kappa shape index (κ1) is 25.1. The molecule has 0 aromatic heterocycles. The largest absolute Gasteiger partial charge is 0.507 e. The molecule has 0 radical (unpaired) electrons. The normalized spacial score (nSPS) is 12.1. The molecule has 178 valence electrons. The fraction of sp³-hybridized carbons (Fsp3) is 0.167. The van der Waals surface area contributed by atoms with Crippen molar-refractivity contribution in [3.05, 3.63) is 76.8 Å². The number of amides is 2. The molecule has 0 aliphatic rings. The number of hydrogen-bond donors (Lipinski definition) is 4. The number of benzene rings is 3. The van der Waals surface area contributed by atoms with Gasteiger partial charge < -0.3 is 20.8 Å². The van der Waals surface area contributed by atoms with Crippen LogP contribution in [-0.4, -0.2) is 35.7 Å². The highest BCUT2D eigenvalue weighted by atomic mass is 35.5. The summed E-state index contributed by atoms with van der Waals surface area (Å²) in [5.41, 5.74) is 0.670. The van der Waals surface area contributed by atoms with E-state index in [4.69, 9.17) is 11.6 Å². The van der Waals surface area contributed by atoms with E-state index in [9.17, 15) is 28.2 Å². The zero-order valence-electron chi connectivity index (χ0n) is 18.4. The lowest BCUT2D eigenvalue weighted by atomic mass is 10.1. The fourth-order valence-electron chi connectivity index (χ4n) is 3.31. The molecule has 0 spiro atoms. The second kappa shape index (κ2) is 10.1. The molecule has 1 atom stereocenters. The Kier molecular flexibility index (Phi) is 7.48. The third kappa shape index (κ3) is 5.32. The van der Waals surface area contributed by atoms with Crippen LogP contribution in [-0.2, 0) is 14.6 Å². The number of carbonyl (C=O) groups excluding carboxylic acids is 2. The summed E-state index contributed by atoms with van der Waals surface area (Å²) >= 11 is 6.23. The molecule has 0 fully saturated rings. The van der Waals surface area contributed by atoms with Gasteiger partial charge >= 0.3 is 0 Å². The number of aromatic hydroxyl groups is 2. The quantitative estimate of drug-likeness (QED) is 0.351.